The Morgan fingerprint density at radius 3 is 3.00 bits per heavy atom. The van der Waals surface area contributed by atoms with Crippen molar-refractivity contribution in [3.8, 4) is 0 Å². The van der Waals surface area contributed by atoms with Gasteiger partial charge in [-0.25, -0.2) is 9.20 Å². The number of rotatable bonds is 0. The quantitative estimate of drug-likeness (QED) is 0.600. The van der Waals surface area contributed by atoms with E-state index in [1.165, 1.54) is 16.7 Å². The lowest BCUT2D eigenvalue weighted by Gasteiger charge is -2.00. The molecule has 1 N–H and O–H groups in total. The van der Waals surface area contributed by atoms with Gasteiger partial charge in [-0.1, -0.05) is 0 Å². The van der Waals surface area contributed by atoms with Gasteiger partial charge in [0.05, 0.1) is 0 Å². The maximum Gasteiger partial charge on any atom is 0.331 e. The highest BCUT2D eigenvalue weighted by Crippen LogP contribution is 1.94. The fourth-order valence-electron chi connectivity index (χ4n) is 1.25. The number of nitrogens with zero attached hydrogens (tertiary/aromatic N) is 2. The summed E-state index contributed by atoms with van der Waals surface area (Å²) in [6.45, 7) is 1.69. The molecule has 0 saturated heterocycles. The average molecular weight is 177 g/mol. The molecule has 5 nitrogen and oxygen atoms in total. The van der Waals surface area contributed by atoms with Gasteiger partial charge < -0.3 is 4.98 Å². The molecule has 0 spiro atoms. The topological polar surface area (TPSA) is 67.2 Å². The molecule has 2 aromatic heterocycles. The molecule has 0 bridgehead atoms. The van der Waals surface area contributed by atoms with Gasteiger partial charge in [0.15, 0.2) is 0 Å². The summed E-state index contributed by atoms with van der Waals surface area (Å²) >= 11 is 0. The highest BCUT2D eigenvalue weighted by atomic mass is 16.1. The van der Waals surface area contributed by atoms with Gasteiger partial charge in [-0.15, -0.1) is 0 Å². The molecule has 0 aliphatic carbocycles. The van der Waals surface area contributed by atoms with Gasteiger partial charge in [-0.2, -0.15) is 4.98 Å². The molecule has 0 aromatic carbocycles. The largest absolute Gasteiger partial charge is 0.331 e. The zero-order valence-corrected chi connectivity index (χ0v) is 6.94. The lowest BCUT2D eigenvalue weighted by Crippen LogP contribution is -2.22. The van der Waals surface area contributed by atoms with Crippen molar-refractivity contribution in [2.75, 3.05) is 0 Å². The third kappa shape index (κ3) is 1.14. The zero-order valence-electron chi connectivity index (χ0n) is 6.94. The summed E-state index contributed by atoms with van der Waals surface area (Å²) in [5.41, 5.74) is 0.330. The Morgan fingerprint density at radius 1 is 1.46 bits per heavy atom. The van der Waals surface area contributed by atoms with Crippen molar-refractivity contribution < 1.29 is 0 Å². The predicted octanol–water partition coefficient (Wildman–Crippen LogP) is -0.309. The van der Waals surface area contributed by atoms with Crippen LogP contribution in [0.4, 0.5) is 0 Å². The van der Waals surface area contributed by atoms with E-state index in [0.717, 1.165) is 0 Å². The van der Waals surface area contributed by atoms with Crippen molar-refractivity contribution in [3.63, 3.8) is 0 Å². The van der Waals surface area contributed by atoms with E-state index >= 15 is 0 Å². The second kappa shape index (κ2) is 2.55. The second-order valence-corrected chi connectivity index (χ2v) is 2.71. The second-order valence-electron chi connectivity index (χ2n) is 2.71. The Kier molecular flexibility index (Phi) is 1.51. The summed E-state index contributed by atoms with van der Waals surface area (Å²) in [4.78, 5) is 28.4. The fourth-order valence-corrected chi connectivity index (χ4v) is 1.25. The number of hydrogen-bond donors (Lipinski definition) is 1. The summed E-state index contributed by atoms with van der Waals surface area (Å²) < 4.78 is 1.35. The molecule has 0 fully saturated rings. The van der Waals surface area contributed by atoms with Crippen molar-refractivity contribution in [3.05, 3.63) is 44.9 Å². The molecule has 2 aromatic rings. The Morgan fingerprint density at radius 2 is 2.23 bits per heavy atom. The van der Waals surface area contributed by atoms with Crippen LogP contribution in [-0.2, 0) is 0 Å². The van der Waals surface area contributed by atoms with E-state index in [-0.39, 0.29) is 11.2 Å². The average Bonchev–Trinajstić information content (AvgIpc) is 2.02. The third-order valence-electron chi connectivity index (χ3n) is 1.78. The molecule has 0 amide bonds. The minimum absolute atomic E-state index is 0.289. The molecule has 13 heavy (non-hydrogen) atoms. The van der Waals surface area contributed by atoms with Crippen molar-refractivity contribution >= 4 is 5.65 Å². The lowest BCUT2D eigenvalue weighted by atomic mass is 10.4. The van der Waals surface area contributed by atoms with E-state index in [0.29, 0.717) is 11.3 Å². The molecule has 0 unspecified atom stereocenters. The van der Waals surface area contributed by atoms with Crippen LogP contribution in [0.25, 0.3) is 5.65 Å². The van der Waals surface area contributed by atoms with Crippen LogP contribution in [0.3, 0.4) is 0 Å². The molecule has 0 aliphatic rings. The first kappa shape index (κ1) is 7.72. The molecule has 0 radical (unpaired) electrons. The van der Waals surface area contributed by atoms with E-state index in [2.05, 4.69) is 9.97 Å². The molecule has 0 atom stereocenters. The van der Waals surface area contributed by atoms with E-state index < -0.39 is 0 Å². The molecular weight excluding hydrogens is 170 g/mol. The van der Waals surface area contributed by atoms with E-state index in [1.54, 1.807) is 13.0 Å². The van der Waals surface area contributed by atoms with Crippen LogP contribution in [0.5, 0.6) is 0 Å². The van der Waals surface area contributed by atoms with Crippen LogP contribution in [0.2, 0.25) is 0 Å². The van der Waals surface area contributed by atoms with Crippen molar-refractivity contribution in [1.82, 2.24) is 14.4 Å². The number of aromatic nitrogens is 3. The Hall–Kier alpha value is -1.91. The van der Waals surface area contributed by atoms with Gasteiger partial charge in [-0.3, -0.25) is 4.79 Å². The smallest absolute Gasteiger partial charge is 0.314 e. The van der Waals surface area contributed by atoms with Crippen LogP contribution >= 0.6 is 0 Å². The Labute approximate surface area is 72.7 Å². The zero-order chi connectivity index (χ0) is 9.42. The van der Waals surface area contributed by atoms with E-state index in [4.69, 9.17) is 0 Å². The number of fused-ring (bicyclic) bond motifs is 1. The standard InChI is InChI=1S/C8H7N3O2/c1-5-4-7(12)10-6-2-3-9-8(13)11(5)6/h2-4H,1H3,(H,9,13). The van der Waals surface area contributed by atoms with Crippen LogP contribution in [0.15, 0.2) is 27.9 Å². The summed E-state index contributed by atoms with van der Waals surface area (Å²) in [5, 5.41) is 0. The first-order valence-electron chi connectivity index (χ1n) is 3.76. The summed E-state index contributed by atoms with van der Waals surface area (Å²) in [6, 6.07) is 2.90. The summed E-state index contributed by atoms with van der Waals surface area (Å²) in [6.07, 6.45) is 1.46. The SMILES string of the molecule is Cc1cc(=O)nc2cc[nH]c(=O)n12. The first-order chi connectivity index (χ1) is 6.18. The molecule has 66 valence electrons. The monoisotopic (exact) mass is 177 g/mol. The van der Waals surface area contributed by atoms with E-state index in [9.17, 15) is 9.59 Å². The van der Waals surface area contributed by atoms with Crippen LogP contribution in [-0.4, -0.2) is 14.4 Å². The Bertz CT molecular complexity index is 567. The Balaban J connectivity index is 3.12. The van der Waals surface area contributed by atoms with Crippen LogP contribution in [0.1, 0.15) is 5.69 Å². The first-order valence-corrected chi connectivity index (χ1v) is 3.76. The third-order valence-corrected chi connectivity index (χ3v) is 1.78. The molecule has 2 rings (SSSR count). The predicted molar refractivity (Wildman–Crippen MR) is 46.8 cm³/mol. The van der Waals surface area contributed by atoms with Gasteiger partial charge in [0.25, 0.3) is 5.56 Å². The van der Waals surface area contributed by atoms with Gasteiger partial charge >= 0.3 is 5.69 Å². The van der Waals surface area contributed by atoms with Gasteiger partial charge in [0.2, 0.25) is 0 Å². The fraction of sp³-hybridized carbons (Fsp3) is 0.125. The minimum atomic E-state index is -0.330. The van der Waals surface area contributed by atoms with Gasteiger partial charge in [0, 0.05) is 18.0 Å². The maximum atomic E-state index is 11.3. The normalized spacial score (nSPS) is 10.5. The molecule has 0 aliphatic heterocycles. The summed E-state index contributed by atoms with van der Waals surface area (Å²) in [5.74, 6) is 0. The molecule has 5 heteroatoms. The lowest BCUT2D eigenvalue weighted by molar-refractivity contribution is 0.916. The molecule has 2 heterocycles. The number of aryl methyl sites for hydroxylation is 1. The van der Waals surface area contributed by atoms with Crippen molar-refractivity contribution in [2.45, 2.75) is 6.92 Å². The van der Waals surface area contributed by atoms with Gasteiger partial charge in [-0.05, 0) is 13.0 Å². The molecular formula is C8H7N3O2. The highest BCUT2D eigenvalue weighted by Gasteiger charge is 2.00. The van der Waals surface area contributed by atoms with E-state index in [1.807, 2.05) is 0 Å². The van der Waals surface area contributed by atoms with Gasteiger partial charge in [0.1, 0.15) is 5.65 Å². The number of H-pyrrole nitrogens is 1. The van der Waals surface area contributed by atoms with Crippen LogP contribution < -0.4 is 11.2 Å². The molecule has 0 saturated carbocycles. The maximum absolute atomic E-state index is 11.3. The number of aromatic amines is 1. The van der Waals surface area contributed by atoms with Crippen LogP contribution in [0, 0.1) is 6.92 Å². The summed E-state index contributed by atoms with van der Waals surface area (Å²) in [7, 11) is 0. The number of nitrogens with one attached hydrogen (secondary N) is 1. The minimum Gasteiger partial charge on any atom is -0.314 e. The number of hydrogen-bond acceptors (Lipinski definition) is 3. The highest BCUT2D eigenvalue weighted by molar-refractivity contribution is 5.36. The van der Waals surface area contributed by atoms with Crippen molar-refractivity contribution in [2.24, 2.45) is 0 Å². The van der Waals surface area contributed by atoms with Crippen molar-refractivity contribution in [1.29, 1.82) is 0 Å².